The van der Waals surface area contributed by atoms with Crippen LogP contribution in [0.25, 0.3) is 0 Å². The fourth-order valence-corrected chi connectivity index (χ4v) is 4.10. The van der Waals surface area contributed by atoms with Crippen LogP contribution >= 0.6 is 11.6 Å². The summed E-state index contributed by atoms with van der Waals surface area (Å²) >= 11 is 6.11. The summed E-state index contributed by atoms with van der Waals surface area (Å²) < 4.78 is 66.5. The zero-order valence-corrected chi connectivity index (χ0v) is 21.7. The number of pyridine rings is 1. The number of ether oxygens (including phenoxy) is 2. The Morgan fingerprint density at radius 2 is 1.89 bits per heavy atom. The van der Waals surface area contributed by atoms with Crippen LogP contribution in [0.4, 0.5) is 8.78 Å². The lowest BCUT2D eigenvalue weighted by Gasteiger charge is -2.24. The first-order valence-electron chi connectivity index (χ1n) is 10.8. The fraction of sp³-hybridized carbons (Fsp3) is 0.455. The Hall–Kier alpha value is -2.54. The molecule has 0 bridgehead atoms. The van der Waals surface area contributed by atoms with Crippen LogP contribution < -0.4 is 14.8 Å². The standard InChI is InChI=1S/C22H29ClF2N4O5S/c1-6-29(35(31,32)28(4)5)8-7-26-21(30)16-10-19(25)20(11-18(16)24)34-15-9-17(23)22(27-12-15)33-13-14(2)3/h9-12,14H,6-8,13H2,1-5H3,(H,26,30). The number of nitrogens with one attached hydrogen (secondary N) is 1. The number of nitrogens with zero attached hydrogens (tertiary/aromatic N) is 3. The molecule has 1 aromatic heterocycles. The largest absolute Gasteiger partial charge is 0.476 e. The number of benzene rings is 1. The summed E-state index contributed by atoms with van der Waals surface area (Å²) in [4.78, 5) is 16.4. The predicted molar refractivity (Wildman–Crippen MR) is 128 cm³/mol. The molecule has 194 valence electrons. The average molecular weight is 535 g/mol. The van der Waals surface area contributed by atoms with Crippen molar-refractivity contribution >= 4 is 27.7 Å². The highest BCUT2D eigenvalue weighted by atomic mass is 35.5. The molecule has 0 atom stereocenters. The van der Waals surface area contributed by atoms with Gasteiger partial charge in [0.2, 0.25) is 5.88 Å². The highest BCUT2D eigenvalue weighted by Gasteiger charge is 2.23. The molecule has 0 radical (unpaired) electrons. The van der Waals surface area contributed by atoms with E-state index in [0.717, 1.165) is 14.7 Å². The smallest absolute Gasteiger partial charge is 0.281 e. The van der Waals surface area contributed by atoms with Crippen molar-refractivity contribution in [1.29, 1.82) is 0 Å². The van der Waals surface area contributed by atoms with E-state index in [1.807, 2.05) is 13.8 Å². The molecule has 35 heavy (non-hydrogen) atoms. The molecular formula is C22H29ClF2N4O5S. The minimum atomic E-state index is -3.67. The van der Waals surface area contributed by atoms with E-state index < -0.39 is 39.1 Å². The molecule has 2 rings (SSSR count). The van der Waals surface area contributed by atoms with Crippen LogP contribution in [-0.4, -0.2) is 68.3 Å². The number of hydrogen-bond acceptors (Lipinski definition) is 6. The van der Waals surface area contributed by atoms with Crippen LogP contribution in [-0.2, 0) is 10.2 Å². The Kier molecular flexibility index (Phi) is 10.2. The normalized spacial score (nSPS) is 11.9. The summed E-state index contributed by atoms with van der Waals surface area (Å²) in [7, 11) is -0.900. The third-order valence-electron chi connectivity index (χ3n) is 4.62. The Bertz CT molecular complexity index is 1150. The number of carbonyl (C=O) groups excluding carboxylic acids is 1. The van der Waals surface area contributed by atoms with Gasteiger partial charge in [-0.2, -0.15) is 17.0 Å². The van der Waals surface area contributed by atoms with Crippen LogP contribution in [0.2, 0.25) is 5.02 Å². The molecule has 1 N–H and O–H groups in total. The van der Waals surface area contributed by atoms with Gasteiger partial charge >= 0.3 is 0 Å². The molecule has 9 nitrogen and oxygen atoms in total. The third-order valence-corrected chi connectivity index (χ3v) is 6.90. The van der Waals surface area contributed by atoms with Crippen molar-refractivity contribution in [3.05, 3.63) is 46.6 Å². The van der Waals surface area contributed by atoms with Crippen molar-refractivity contribution in [2.45, 2.75) is 20.8 Å². The number of likely N-dealkylation sites (N-methyl/N-ethyl adjacent to an activating group) is 1. The Morgan fingerprint density at radius 3 is 2.46 bits per heavy atom. The number of aromatic nitrogens is 1. The molecule has 0 spiro atoms. The molecule has 0 fully saturated rings. The number of halogens is 3. The van der Waals surface area contributed by atoms with E-state index >= 15 is 0 Å². The molecule has 0 aliphatic rings. The van der Waals surface area contributed by atoms with E-state index in [1.165, 1.54) is 26.4 Å². The average Bonchev–Trinajstić information content (AvgIpc) is 2.77. The zero-order chi connectivity index (χ0) is 26.3. The first kappa shape index (κ1) is 28.7. The molecule has 1 aromatic carbocycles. The van der Waals surface area contributed by atoms with E-state index in [-0.39, 0.29) is 42.2 Å². The second-order valence-electron chi connectivity index (χ2n) is 8.07. The molecule has 0 unspecified atom stereocenters. The van der Waals surface area contributed by atoms with Gasteiger partial charge in [-0.1, -0.05) is 32.4 Å². The van der Waals surface area contributed by atoms with Crippen LogP contribution in [0, 0.1) is 17.6 Å². The SMILES string of the molecule is CCN(CCNC(=O)c1cc(F)c(Oc2cnc(OCC(C)C)c(Cl)c2)cc1F)S(=O)(=O)N(C)C. The van der Waals surface area contributed by atoms with Gasteiger partial charge in [-0.05, 0) is 12.0 Å². The summed E-state index contributed by atoms with van der Waals surface area (Å²) in [6.45, 7) is 6.00. The number of rotatable bonds is 12. The van der Waals surface area contributed by atoms with E-state index in [4.69, 9.17) is 21.1 Å². The van der Waals surface area contributed by atoms with Gasteiger partial charge in [0.25, 0.3) is 16.1 Å². The zero-order valence-electron chi connectivity index (χ0n) is 20.1. The van der Waals surface area contributed by atoms with Gasteiger partial charge in [0.1, 0.15) is 16.6 Å². The first-order valence-corrected chi connectivity index (χ1v) is 12.5. The van der Waals surface area contributed by atoms with Gasteiger partial charge in [-0.15, -0.1) is 0 Å². The lowest BCUT2D eigenvalue weighted by Crippen LogP contribution is -2.43. The maximum absolute atomic E-state index is 14.6. The quantitative estimate of drug-likeness (QED) is 0.445. The minimum Gasteiger partial charge on any atom is -0.476 e. The molecule has 0 aliphatic carbocycles. The predicted octanol–water partition coefficient (Wildman–Crippen LogP) is 3.70. The van der Waals surface area contributed by atoms with Crippen LogP contribution in [0.5, 0.6) is 17.4 Å². The summed E-state index contributed by atoms with van der Waals surface area (Å²) in [6.07, 6.45) is 1.25. The Balaban J connectivity index is 2.07. The lowest BCUT2D eigenvalue weighted by atomic mass is 10.1. The van der Waals surface area contributed by atoms with Crippen molar-refractivity contribution in [2.75, 3.05) is 40.3 Å². The Morgan fingerprint density at radius 1 is 1.20 bits per heavy atom. The van der Waals surface area contributed by atoms with Gasteiger partial charge in [-0.25, -0.2) is 13.8 Å². The maximum Gasteiger partial charge on any atom is 0.281 e. The van der Waals surface area contributed by atoms with E-state index in [9.17, 15) is 22.0 Å². The summed E-state index contributed by atoms with van der Waals surface area (Å²) in [5.74, 6) is -2.89. The lowest BCUT2D eigenvalue weighted by molar-refractivity contribution is 0.0947. The second-order valence-corrected chi connectivity index (χ2v) is 10.6. The summed E-state index contributed by atoms with van der Waals surface area (Å²) in [6, 6.07) is 2.78. The van der Waals surface area contributed by atoms with Gasteiger partial charge in [0, 0.05) is 45.9 Å². The molecule has 0 saturated heterocycles. The summed E-state index contributed by atoms with van der Waals surface area (Å²) in [5, 5.41) is 2.53. The van der Waals surface area contributed by atoms with Crippen molar-refractivity contribution in [3.8, 4) is 17.4 Å². The second kappa shape index (κ2) is 12.4. The molecule has 13 heteroatoms. The van der Waals surface area contributed by atoms with E-state index in [2.05, 4.69) is 10.3 Å². The van der Waals surface area contributed by atoms with Crippen LogP contribution in [0.15, 0.2) is 24.4 Å². The van der Waals surface area contributed by atoms with E-state index in [1.54, 1.807) is 6.92 Å². The van der Waals surface area contributed by atoms with Crippen LogP contribution in [0.3, 0.4) is 0 Å². The third kappa shape index (κ3) is 7.72. The molecule has 1 amide bonds. The molecule has 0 saturated carbocycles. The topological polar surface area (TPSA) is 101 Å². The monoisotopic (exact) mass is 534 g/mol. The van der Waals surface area contributed by atoms with Crippen molar-refractivity contribution in [2.24, 2.45) is 5.92 Å². The number of hydrogen-bond donors (Lipinski definition) is 1. The van der Waals surface area contributed by atoms with Crippen molar-refractivity contribution in [1.82, 2.24) is 18.9 Å². The van der Waals surface area contributed by atoms with Crippen LogP contribution in [0.1, 0.15) is 31.1 Å². The Labute approximate surface area is 209 Å². The van der Waals surface area contributed by atoms with Gasteiger partial charge in [-0.3, -0.25) is 4.79 Å². The first-order chi connectivity index (χ1) is 16.4. The molecule has 0 aliphatic heterocycles. The van der Waals surface area contributed by atoms with Gasteiger partial charge < -0.3 is 14.8 Å². The minimum absolute atomic E-state index is 0.0430. The molecular weight excluding hydrogens is 506 g/mol. The van der Waals surface area contributed by atoms with Crippen molar-refractivity contribution < 1.29 is 31.5 Å². The molecule has 1 heterocycles. The maximum atomic E-state index is 14.6. The number of amides is 1. The van der Waals surface area contributed by atoms with E-state index in [0.29, 0.717) is 12.7 Å². The highest BCUT2D eigenvalue weighted by molar-refractivity contribution is 7.86. The molecule has 2 aromatic rings. The van der Waals surface area contributed by atoms with Crippen molar-refractivity contribution in [3.63, 3.8) is 0 Å². The van der Waals surface area contributed by atoms with Gasteiger partial charge in [0.15, 0.2) is 11.6 Å². The fourth-order valence-electron chi connectivity index (χ4n) is 2.78. The number of carbonyl (C=O) groups is 1. The highest BCUT2D eigenvalue weighted by Crippen LogP contribution is 2.31. The summed E-state index contributed by atoms with van der Waals surface area (Å²) in [5.41, 5.74) is -0.554. The van der Waals surface area contributed by atoms with Gasteiger partial charge in [0.05, 0.1) is 18.4 Å².